The second kappa shape index (κ2) is 6.59. The summed E-state index contributed by atoms with van der Waals surface area (Å²) in [7, 11) is 0. The van der Waals surface area contributed by atoms with Crippen LogP contribution in [0.3, 0.4) is 0 Å². The zero-order chi connectivity index (χ0) is 19.1. The monoisotopic (exact) mass is 355 g/mol. The van der Waals surface area contributed by atoms with Crippen LogP contribution in [0.15, 0.2) is 30.3 Å². The molecule has 0 radical (unpaired) electrons. The first-order valence-corrected chi connectivity index (χ1v) is 8.92. The minimum Gasteiger partial charge on any atom is -0.481 e. The third-order valence-electron chi connectivity index (χ3n) is 5.63. The van der Waals surface area contributed by atoms with Crippen LogP contribution >= 0.6 is 0 Å². The van der Waals surface area contributed by atoms with E-state index in [1.807, 2.05) is 58.0 Å². The molecule has 0 saturated carbocycles. The van der Waals surface area contributed by atoms with E-state index in [1.165, 1.54) is 0 Å². The van der Waals surface area contributed by atoms with Gasteiger partial charge in [-0.3, -0.25) is 9.59 Å². The third-order valence-corrected chi connectivity index (χ3v) is 5.63. The van der Waals surface area contributed by atoms with Crippen molar-refractivity contribution in [3.05, 3.63) is 47.3 Å². The predicted octanol–water partition coefficient (Wildman–Crippen LogP) is 3.06. The first kappa shape index (κ1) is 18.2. The van der Waals surface area contributed by atoms with Crippen LogP contribution in [0.1, 0.15) is 42.0 Å². The lowest BCUT2D eigenvalue weighted by atomic mass is 9.76. The highest BCUT2D eigenvalue weighted by molar-refractivity contribution is 5.97. The molecule has 1 fully saturated rings. The molecule has 3 rings (SSSR count). The van der Waals surface area contributed by atoms with Crippen molar-refractivity contribution in [2.75, 3.05) is 13.1 Å². The number of rotatable bonds is 4. The summed E-state index contributed by atoms with van der Waals surface area (Å²) >= 11 is 0. The van der Waals surface area contributed by atoms with E-state index < -0.39 is 11.4 Å². The molecule has 1 atom stereocenters. The summed E-state index contributed by atoms with van der Waals surface area (Å²) in [6, 6.07) is 9.67. The van der Waals surface area contributed by atoms with E-state index in [0.29, 0.717) is 24.2 Å². The summed E-state index contributed by atoms with van der Waals surface area (Å²) in [5, 5.41) is 14.2. The number of likely N-dealkylation sites (tertiary alicyclic amines) is 1. The molecule has 1 saturated heterocycles. The summed E-state index contributed by atoms with van der Waals surface area (Å²) in [6.07, 6.45) is 0.483. The molecule has 1 aliphatic rings. The van der Waals surface area contributed by atoms with E-state index >= 15 is 0 Å². The van der Waals surface area contributed by atoms with Crippen molar-refractivity contribution in [3.8, 4) is 5.69 Å². The largest absolute Gasteiger partial charge is 0.481 e. The number of aryl methyl sites for hydroxylation is 1. The minimum absolute atomic E-state index is 0.0352. The Hall–Kier alpha value is -2.63. The summed E-state index contributed by atoms with van der Waals surface area (Å²) in [4.78, 5) is 26.7. The van der Waals surface area contributed by atoms with Gasteiger partial charge in [-0.15, -0.1) is 0 Å². The van der Waals surface area contributed by atoms with Crippen LogP contribution in [0, 0.1) is 25.2 Å². The number of benzene rings is 1. The van der Waals surface area contributed by atoms with Gasteiger partial charge in [-0.1, -0.05) is 32.0 Å². The third kappa shape index (κ3) is 2.79. The van der Waals surface area contributed by atoms with E-state index in [-0.39, 0.29) is 18.4 Å². The lowest BCUT2D eigenvalue weighted by molar-refractivity contribution is -0.150. The number of carboxylic acid groups (broad SMARTS) is 1. The maximum Gasteiger partial charge on any atom is 0.311 e. The van der Waals surface area contributed by atoms with Gasteiger partial charge in [0.05, 0.1) is 28.1 Å². The topological polar surface area (TPSA) is 75.4 Å². The smallest absolute Gasteiger partial charge is 0.311 e. The van der Waals surface area contributed by atoms with Crippen molar-refractivity contribution >= 4 is 11.9 Å². The molecule has 6 heteroatoms. The second-order valence-corrected chi connectivity index (χ2v) is 7.39. The number of amides is 1. The molecule has 0 bridgehead atoms. The van der Waals surface area contributed by atoms with Gasteiger partial charge in [0.1, 0.15) is 0 Å². The van der Waals surface area contributed by atoms with Gasteiger partial charge in [0.15, 0.2) is 0 Å². The highest BCUT2D eigenvalue weighted by Gasteiger charge is 2.49. The van der Waals surface area contributed by atoms with Crippen molar-refractivity contribution in [2.45, 2.75) is 34.1 Å². The van der Waals surface area contributed by atoms with Crippen LogP contribution in [0.5, 0.6) is 0 Å². The molecule has 1 aliphatic heterocycles. The summed E-state index contributed by atoms with van der Waals surface area (Å²) in [5.74, 6) is -0.991. The molecule has 1 unspecified atom stereocenters. The van der Waals surface area contributed by atoms with Crippen LogP contribution in [0.2, 0.25) is 0 Å². The van der Waals surface area contributed by atoms with Gasteiger partial charge in [-0.25, -0.2) is 4.68 Å². The van der Waals surface area contributed by atoms with Crippen LogP contribution in [-0.2, 0) is 4.79 Å². The molecule has 1 aromatic carbocycles. The Morgan fingerprint density at radius 2 is 1.85 bits per heavy atom. The average molecular weight is 355 g/mol. The standard InChI is InChI=1S/C20H25N3O3/c1-13(2)20(19(25)26)10-11-22(12-20)18(24)17-14(3)21-23(15(17)4)16-8-6-5-7-9-16/h5-9,13H,10-12H2,1-4H3,(H,25,26). The van der Waals surface area contributed by atoms with Crippen LogP contribution in [0.25, 0.3) is 5.69 Å². The fraction of sp³-hybridized carbons (Fsp3) is 0.450. The molecule has 1 amide bonds. The van der Waals surface area contributed by atoms with E-state index in [9.17, 15) is 14.7 Å². The number of para-hydroxylation sites is 1. The summed E-state index contributed by atoms with van der Waals surface area (Å²) in [5.41, 5.74) is 2.03. The lowest BCUT2D eigenvalue weighted by Gasteiger charge is -2.28. The van der Waals surface area contributed by atoms with Crippen molar-refractivity contribution in [1.82, 2.24) is 14.7 Å². The van der Waals surface area contributed by atoms with Gasteiger partial charge < -0.3 is 10.0 Å². The van der Waals surface area contributed by atoms with Gasteiger partial charge >= 0.3 is 5.97 Å². The average Bonchev–Trinajstić information content (AvgIpc) is 3.18. The number of carbonyl (C=O) groups is 2. The Labute approximate surface area is 153 Å². The van der Waals surface area contributed by atoms with Gasteiger partial charge in [0, 0.05) is 13.1 Å². The van der Waals surface area contributed by atoms with Crippen molar-refractivity contribution in [3.63, 3.8) is 0 Å². The number of nitrogens with zero attached hydrogens (tertiary/aromatic N) is 3. The number of carboxylic acids is 1. The zero-order valence-corrected chi connectivity index (χ0v) is 15.7. The van der Waals surface area contributed by atoms with Crippen molar-refractivity contribution < 1.29 is 14.7 Å². The first-order chi connectivity index (χ1) is 12.3. The molecule has 1 aromatic heterocycles. The van der Waals surface area contributed by atoms with E-state index in [1.54, 1.807) is 9.58 Å². The molecule has 1 N–H and O–H groups in total. The Balaban J connectivity index is 1.93. The molecule has 0 spiro atoms. The molecule has 138 valence electrons. The Morgan fingerprint density at radius 1 is 1.19 bits per heavy atom. The molecule has 26 heavy (non-hydrogen) atoms. The minimum atomic E-state index is -0.868. The molecule has 2 aromatic rings. The number of hydrogen-bond donors (Lipinski definition) is 1. The number of aromatic nitrogens is 2. The molecular weight excluding hydrogens is 330 g/mol. The van der Waals surface area contributed by atoms with Gasteiger partial charge in [-0.2, -0.15) is 5.10 Å². The quantitative estimate of drug-likeness (QED) is 0.914. The van der Waals surface area contributed by atoms with E-state index in [4.69, 9.17) is 0 Å². The summed E-state index contributed by atoms with van der Waals surface area (Å²) in [6.45, 7) is 8.22. The molecule has 6 nitrogen and oxygen atoms in total. The van der Waals surface area contributed by atoms with Crippen molar-refractivity contribution in [2.24, 2.45) is 11.3 Å². The van der Waals surface area contributed by atoms with Gasteiger partial charge in [-0.05, 0) is 38.3 Å². The fourth-order valence-electron chi connectivity index (χ4n) is 3.83. The van der Waals surface area contributed by atoms with Gasteiger partial charge in [0.25, 0.3) is 5.91 Å². The zero-order valence-electron chi connectivity index (χ0n) is 15.7. The van der Waals surface area contributed by atoms with Crippen LogP contribution in [0.4, 0.5) is 0 Å². The van der Waals surface area contributed by atoms with Gasteiger partial charge in [0.2, 0.25) is 0 Å². The van der Waals surface area contributed by atoms with E-state index in [2.05, 4.69) is 5.10 Å². The maximum atomic E-state index is 13.1. The SMILES string of the molecule is Cc1nn(-c2ccccc2)c(C)c1C(=O)N1CCC(C(=O)O)(C(C)C)C1. The molecule has 2 heterocycles. The Kier molecular flexibility index (Phi) is 4.61. The first-order valence-electron chi connectivity index (χ1n) is 8.92. The maximum absolute atomic E-state index is 13.1. The Morgan fingerprint density at radius 3 is 2.38 bits per heavy atom. The van der Waals surface area contributed by atoms with Crippen LogP contribution in [-0.4, -0.2) is 44.8 Å². The normalized spacial score (nSPS) is 20.0. The highest BCUT2D eigenvalue weighted by Crippen LogP contribution is 2.39. The number of aliphatic carboxylic acids is 1. The molecule has 0 aliphatic carbocycles. The number of carbonyl (C=O) groups excluding carboxylic acids is 1. The van der Waals surface area contributed by atoms with Crippen molar-refractivity contribution in [1.29, 1.82) is 0 Å². The molecular formula is C20H25N3O3. The summed E-state index contributed by atoms with van der Waals surface area (Å²) < 4.78 is 1.77. The lowest BCUT2D eigenvalue weighted by Crippen LogP contribution is -2.40. The Bertz CT molecular complexity index is 841. The van der Waals surface area contributed by atoms with E-state index in [0.717, 1.165) is 11.4 Å². The fourth-order valence-corrected chi connectivity index (χ4v) is 3.83. The predicted molar refractivity (Wildman–Crippen MR) is 98.5 cm³/mol. The number of hydrogen-bond acceptors (Lipinski definition) is 3. The second-order valence-electron chi connectivity index (χ2n) is 7.39. The van der Waals surface area contributed by atoms with Crippen LogP contribution < -0.4 is 0 Å². The highest BCUT2D eigenvalue weighted by atomic mass is 16.4.